The van der Waals surface area contributed by atoms with Gasteiger partial charge in [-0.15, -0.1) is 0 Å². The Bertz CT molecular complexity index is 349. The molecule has 0 aromatic heterocycles. The van der Waals surface area contributed by atoms with Gasteiger partial charge in [-0.25, -0.2) is 0 Å². The van der Waals surface area contributed by atoms with E-state index >= 15 is 0 Å². The van der Waals surface area contributed by atoms with E-state index in [1.54, 1.807) is 0 Å². The molecule has 0 aromatic rings. The van der Waals surface area contributed by atoms with E-state index in [1.807, 2.05) is 7.05 Å². The molecule has 1 aliphatic carbocycles. The standard InChI is InChI=1S/C18H33N3/c1-3-6-16-7-5-12-21(13-9-16)14-10-17-8-4-11-18(17,15-19)20-2/h16-17,20H,3-14H2,1-2H3. The fourth-order valence-corrected chi connectivity index (χ4v) is 4.48. The van der Waals surface area contributed by atoms with Crippen molar-refractivity contribution >= 4 is 0 Å². The van der Waals surface area contributed by atoms with E-state index in [9.17, 15) is 5.26 Å². The first-order chi connectivity index (χ1) is 10.2. The van der Waals surface area contributed by atoms with E-state index in [0.29, 0.717) is 5.92 Å². The summed E-state index contributed by atoms with van der Waals surface area (Å²) < 4.78 is 0. The molecule has 0 radical (unpaired) electrons. The molecular weight excluding hydrogens is 258 g/mol. The lowest BCUT2D eigenvalue weighted by Gasteiger charge is -2.30. The minimum atomic E-state index is -0.239. The zero-order chi connectivity index (χ0) is 15.1. The molecule has 0 bridgehead atoms. The molecule has 2 aliphatic rings. The molecule has 0 aromatic carbocycles. The van der Waals surface area contributed by atoms with Crippen LogP contribution in [0.3, 0.4) is 0 Å². The van der Waals surface area contributed by atoms with Gasteiger partial charge in [0, 0.05) is 0 Å². The SMILES string of the molecule is CCCC1CCCN(CCC2CCCC2(C#N)NC)CC1. The predicted molar refractivity (Wildman–Crippen MR) is 88.1 cm³/mol. The Morgan fingerprint density at radius 1 is 1.19 bits per heavy atom. The van der Waals surface area contributed by atoms with E-state index in [2.05, 4.69) is 23.2 Å². The molecule has 1 saturated heterocycles. The minimum Gasteiger partial charge on any atom is -0.303 e. The van der Waals surface area contributed by atoms with Crippen molar-refractivity contribution in [3.05, 3.63) is 0 Å². The van der Waals surface area contributed by atoms with Crippen molar-refractivity contribution in [3.8, 4) is 6.07 Å². The van der Waals surface area contributed by atoms with Gasteiger partial charge < -0.3 is 10.2 Å². The van der Waals surface area contributed by atoms with E-state index < -0.39 is 0 Å². The molecule has 3 heteroatoms. The number of hydrogen-bond acceptors (Lipinski definition) is 3. The Hall–Kier alpha value is -0.590. The van der Waals surface area contributed by atoms with Gasteiger partial charge in [0.25, 0.3) is 0 Å². The molecule has 2 fully saturated rings. The topological polar surface area (TPSA) is 39.1 Å². The second kappa shape index (κ2) is 8.15. The van der Waals surface area contributed by atoms with Crippen molar-refractivity contribution < 1.29 is 0 Å². The molecule has 0 spiro atoms. The summed E-state index contributed by atoms with van der Waals surface area (Å²) in [5.74, 6) is 1.50. The largest absolute Gasteiger partial charge is 0.303 e. The summed E-state index contributed by atoms with van der Waals surface area (Å²) in [7, 11) is 1.96. The lowest BCUT2D eigenvalue weighted by atomic mass is 9.86. The van der Waals surface area contributed by atoms with Gasteiger partial charge in [0.05, 0.1) is 6.07 Å². The fraction of sp³-hybridized carbons (Fsp3) is 0.944. The molecule has 0 amide bonds. The molecule has 1 aliphatic heterocycles. The van der Waals surface area contributed by atoms with Crippen molar-refractivity contribution in [3.63, 3.8) is 0 Å². The maximum absolute atomic E-state index is 9.54. The van der Waals surface area contributed by atoms with Crippen LogP contribution in [-0.4, -0.2) is 37.1 Å². The minimum absolute atomic E-state index is 0.239. The predicted octanol–water partition coefficient (Wildman–Crippen LogP) is 3.56. The molecule has 1 heterocycles. The molecule has 21 heavy (non-hydrogen) atoms. The third-order valence-corrected chi connectivity index (χ3v) is 5.90. The fourth-order valence-electron chi connectivity index (χ4n) is 4.48. The number of nitrogens with one attached hydrogen (secondary N) is 1. The second-order valence-corrected chi connectivity index (χ2v) is 7.14. The van der Waals surface area contributed by atoms with Crippen LogP contribution in [0.25, 0.3) is 0 Å². The Morgan fingerprint density at radius 2 is 2.05 bits per heavy atom. The zero-order valence-electron chi connectivity index (χ0n) is 14.0. The van der Waals surface area contributed by atoms with Crippen molar-refractivity contribution in [1.29, 1.82) is 5.26 Å². The number of nitriles is 1. The highest BCUT2D eigenvalue weighted by atomic mass is 15.1. The van der Waals surface area contributed by atoms with Crippen molar-refractivity contribution in [2.24, 2.45) is 11.8 Å². The van der Waals surface area contributed by atoms with Crippen LogP contribution in [0.1, 0.15) is 64.7 Å². The average Bonchev–Trinajstić information content (AvgIpc) is 2.79. The maximum atomic E-state index is 9.54. The van der Waals surface area contributed by atoms with Gasteiger partial charge in [0.15, 0.2) is 0 Å². The molecule has 1 saturated carbocycles. The number of hydrogen-bond donors (Lipinski definition) is 1. The van der Waals surface area contributed by atoms with Gasteiger partial charge in [-0.3, -0.25) is 0 Å². The first-order valence-corrected chi connectivity index (χ1v) is 9.06. The van der Waals surface area contributed by atoms with Crippen molar-refractivity contribution in [2.75, 3.05) is 26.7 Å². The summed E-state index contributed by atoms with van der Waals surface area (Å²) in [5.41, 5.74) is -0.239. The second-order valence-electron chi connectivity index (χ2n) is 7.14. The van der Waals surface area contributed by atoms with Crippen LogP contribution in [0, 0.1) is 23.2 Å². The third kappa shape index (κ3) is 4.20. The molecule has 3 atom stereocenters. The van der Waals surface area contributed by atoms with Gasteiger partial charge in [-0.1, -0.05) is 26.2 Å². The first-order valence-electron chi connectivity index (χ1n) is 9.06. The highest BCUT2D eigenvalue weighted by Crippen LogP contribution is 2.37. The van der Waals surface area contributed by atoms with Crippen molar-refractivity contribution in [1.82, 2.24) is 10.2 Å². The molecular formula is C18H33N3. The van der Waals surface area contributed by atoms with Crippen LogP contribution in [0.4, 0.5) is 0 Å². The van der Waals surface area contributed by atoms with Gasteiger partial charge in [-0.2, -0.15) is 5.26 Å². The highest BCUT2D eigenvalue weighted by Gasteiger charge is 2.41. The van der Waals surface area contributed by atoms with E-state index in [1.165, 1.54) is 71.0 Å². The van der Waals surface area contributed by atoms with Crippen LogP contribution in [0.5, 0.6) is 0 Å². The molecule has 120 valence electrons. The maximum Gasteiger partial charge on any atom is 0.109 e. The van der Waals surface area contributed by atoms with E-state index in [4.69, 9.17) is 0 Å². The van der Waals surface area contributed by atoms with Gasteiger partial charge in [-0.05, 0) is 77.0 Å². The van der Waals surface area contributed by atoms with Gasteiger partial charge >= 0.3 is 0 Å². The molecule has 3 unspecified atom stereocenters. The van der Waals surface area contributed by atoms with Crippen molar-refractivity contribution in [2.45, 2.75) is 70.3 Å². The van der Waals surface area contributed by atoms with E-state index in [-0.39, 0.29) is 5.54 Å². The number of rotatable bonds is 6. The number of nitrogens with zero attached hydrogens (tertiary/aromatic N) is 2. The summed E-state index contributed by atoms with van der Waals surface area (Å²) in [5, 5.41) is 12.9. The normalized spacial score (nSPS) is 34.5. The third-order valence-electron chi connectivity index (χ3n) is 5.90. The van der Waals surface area contributed by atoms with Crippen LogP contribution >= 0.6 is 0 Å². The van der Waals surface area contributed by atoms with Crippen LogP contribution in [0.15, 0.2) is 0 Å². The lowest BCUT2D eigenvalue weighted by Crippen LogP contribution is -2.45. The van der Waals surface area contributed by atoms with Gasteiger partial charge in [0.1, 0.15) is 5.54 Å². The van der Waals surface area contributed by atoms with Gasteiger partial charge in [0.2, 0.25) is 0 Å². The Balaban J connectivity index is 1.79. The summed E-state index contributed by atoms with van der Waals surface area (Å²) in [6.07, 6.45) is 11.6. The van der Waals surface area contributed by atoms with Crippen LogP contribution in [0.2, 0.25) is 0 Å². The summed E-state index contributed by atoms with van der Waals surface area (Å²) in [6.45, 7) is 6.04. The first kappa shape index (κ1) is 16.8. The smallest absolute Gasteiger partial charge is 0.109 e. The summed E-state index contributed by atoms with van der Waals surface area (Å²) in [4.78, 5) is 2.66. The lowest BCUT2D eigenvalue weighted by molar-refractivity contribution is 0.230. The Kier molecular flexibility index (Phi) is 6.51. The van der Waals surface area contributed by atoms with Crippen LogP contribution < -0.4 is 5.32 Å². The average molecular weight is 291 g/mol. The Labute approximate surface area is 131 Å². The quantitative estimate of drug-likeness (QED) is 0.813. The molecule has 2 rings (SSSR count). The monoisotopic (exact) mass is 291 g/mol. The zero-order valence-corrected chi connectivity index (χ0v) is 14.0. The molecule has 1 N–H and O–H groups in total. The van der Waals surface area contributed by atoms with Crippen LogP contribution in [-0.2, 0) is 0 Å². The summed E-state index contributed by atoms with van der Waals surface area (Å²) >= 11 is 0. The highest BCUT2D eigenvalue weighted by molar-refractivity contribution is 5.13. The van der Waals surface area contributed by atoms with E-state index in [0.717, 1.165) is 12.3 Å². The summed E-state index contributed by atoms with van der Waals surface area (Å²) in [6, 6.07) is 2.57. The Morgan fingerprint density at radius 3 is 2.76 bits per heavy atom. The number of likely N-dealkylation sites (tertiary alicyclic amines) is 1. The molecule has 3 nitrogen and oxygen atoms in total.